The molecule has 5 nitrogen and oxygen atoms in total. The second kappa shape index (κ2) is 8.41. The van der Waals surface area contributed by atoms with Gasteiger partial charge in [0.25, 0.3) is 10.1 Å². The van der Waals surface area contributed by atoms with Gasteiger partial charge < -0.3 is 4.74 Å². The van der Waals surface area contributed by atoms with E-state index < -0.39 is 22.2 Å². The highest BCUT2D eigenvalue weighted by molar-refractivity contribution is 8.17. The van der Waals surface area contributed by atoms with Gasteiger partial charge in [-0.1, -0.05) is 17.7 Å². The van der Waals surface area contributed by atoms with Gasteiger partial charge in [0, 0.05) is 6.92 Å². The van der Waals surface area contributed by atoms with E-state index >= 15 is 0 Å². The molecular weight excluding hydrogens is 356 g/mol. The van der Waals surface area contributed by atoms with Crippen molar-refractivity contribution in [2.75, 3.05) is 18.1 Å². The molecule has 1 heterocycles. The normalized spacial score (nSPS) is 17.7. The van der Waals surface area contributed by atoms with E-state index in [-0.39, 0.29) is 16.1 Å². The standard InChI is InChI=1S/C15H20O5S3/c1-11-4-6-13(7-5-11)23(17,18)19-10-14(20-12(2)16)15-21-8-3-9-22-15/h4-7,14-15H,3,8-10H2,1-2H3/t14-/m1/s1. The quantitative estimate of drug-likeness (QED) is 0.558. The van der Waals surface area contributed by atoms with Crippen LogP contribution >= 0.6 is 23.5 Å². The Morgan fingerprint density at radius 2 is 1.87 bits per heavy atom. The summed E-state index contributed by atoms with van der Waals surface area (Å²) in [6.07, 6.45) is 0.518. The van der Waals surface area contributed by atoms with E-state index in [2.05, 4.69) is 0 Å². The largest absolute Gasteiger partial charge is 0.458 e. The van der Waals surface area contributed by atoms with Crippen molar-refractivity contribution in [2.24, 2.45) is 0 Å². The van der Waals surface area contributed by atoms with E-state index in [0.717, 1.165) is 23.5 Å². The fourth-order valence-electron chi connectivity index (χ4n) is 2.03. The van der Waals surface area contributed by atoms with Gasteiger partial charge in [-0.2, -0.15) is 8.42 Å². The Hall–Kier alpha value is -0.700. The summed E-state index contributed by atoms with van der Waals surface area (Å²) in [4.78, 5) is 11.4. The molecule has 0 unspecified atom stereocenters. The van der Waals surface area contributed by atoms with Gasteiger partial charge in [0.1, 0.15) is 12.7 Å². The van der Waals surface area contributed by atoms with Gasteiger partial charge in [-0.05, 0) is 37.0 Å². The molecule has 1 saturated heterocycles. The third kappa shape index (κ3) is 5.70. The van der Waals surface area contributed by atoms with Crippen LogP contribution in [-0.2, 0) is 23.8 Å². The lowest BCUT2D eigenvalue weighted by Gasteiger charge is -2.28. The zero-order valence-electron chi connectivity index (χ0n) is 13.1. The van der Waals surface area contributed by atoms with Gasteiger partial charge >= 0.3 is 5.97 Å². The number of aryl methyl sites for hydroxylation is 1. The van der Waals surface area contributed by atoms with Crippen LogP contribution in [0.5, 0.6) is 0 Å². The molecule has 1 atom stereocenters. The van der Waals surface area contributed by atoms with Gasteiger partial charge in [-0.15, -0.1) is 23.5 Å². The summed E-state index contributed by atoms with van der Waals surface area (Å²) in [6.45, 7) is 3.03. The first kappa shape index (κ1) is 18.6. The molecule has 1 fully saturated rings. The van der Waals surface area contributed by atoms with Gasteiger partial charge in [0.05, 0.1) is 9.48 Å². The molecule has 0 N–H and O–H groups in total. The summed E-state index contributed by atoms with van der Waals surface area (Å²) in [7, 11) is -3.86. The highest BCUT2D eigenvalue weighted by Crippen LogP contribution is 2.34. The molecular formula is C15H20O5S3. The number of hydrogen-bond donors (Lipinski definition) is 0. The van der Waals surface area contributed by atoms with Crippen LogP contribution < -0.4 is 0 Å². The summed E-state index contributed by atoms with van der Waals surface area (Å²) >= 11 is 3.35. The van der Waals surface area contributed by atoms with Crippen LogP contribution in [0.3, 0.4) is 0 Å². The third-order valence-corrected chi connectivity index (χ3v) is 7.60. The number of carbonyl (C=O) groups excluding carboxylic acids is 1. The van der Waals surface area contributed by atoms with Crippen LogP contribution in [0.25, 0.3) is 0 Å². The molecule has 1 aliphatic heterocycles. The van der Waals surface area contributed by atoms with Crippen molar-refractivity contribution in [2.45, 2.75) is 35.8 Å². The minimum atomic E-state index is -3.86. The molecule has 0 radical (unpaired) electrons. The van der Waals surface area contributed by atoms with Crippen LogP contribution in [-0.4, -0.2) is 43.2 Å². The van der Waals surface area contributed by atoms with Crippen molar-refractivity contribution >= 4 is 39.6 Å². The topological polar surface area (TPSA) is 69.7 Å². The molecule has 0 bridgehead atoms. The number of benzene rings is 1. The van der Waals surface area contributed by atoms with Crippen molar-refractivity contribution < 1.29 is 22.1 Å². The molecule has 0 aliphatic carbocycles. The van der Waals surface area contributed by atoms with E-state index in [4.69, 9.17) is 8.92 Å². The van der Waals surface area contributed by atoms with Crippen molar-refractivity contribution in [1.29, 1.82) is 0 Å². The first-order valence-corrected chi connectivity index (χ1v) is 10.8. The highest BCUT2D eigenvalue weighted by Gasteiger charge is 2.30. The van der Waals surface area contributed by atoms with Gasteiger partial charge in [-0.3, -0.25) is 8.98 Å². The van der Waals surface area contributed by atoms with E-state index in [0.29, 0.717) is 0 Å². The second-order valence-corrected chi connectivity index (χ2v) is 9.58. The van der Waals surface area contributed by atoms with Crippen LogP contribution in [0.1, 0.15) is 18.9 Å². The molecule has 0 spiro atoms. The van der Waals surface area contributed by atoms with E-state index in [1.54, 1.807) is 35.7 Å². The number of carbonyl (C=O) groups is 1. The Balaban J connectivity index is 2.04. The van der Waals surface area contributed by atoms with Crippen LogP contribution in [0.4, 0.5) is 0 Å². The maximum absolute atomic E-state index is 12.2. The molecule has 8 heteroatoms. The van der Waals surface area contributed by atoms with E-state index in [1.165, 1.54) is 19.1 Å². The van der Waals surface area contributed by atoms with Crippen LogP contribution in [0.15, 0.2) is 29.2 Å². The third-order valence-electron chi connectivity index (χ3n) is 3.17. The Labute approximate surface area is 145 Å². The fraction of sp³-hybridized carbons (Fsp3) is 0.533. The number of esters is 1. The van der Waals surface area contributed by atoms with E-state index in [9.17, 15) is 13.2 Å². The average Bonchev–Trinajstić information content (AvgIpc) is 2.52. The zero-order valence-corrected chi connectivity index (χ0v) is 15.5. The maximum atomic E-state index is 12.2. The highest BCUT2D eigenvalue weighted by atomic mass is 32.2. The summed E-state index contributed by atoms with van der Waals surface area (Å²) in [6, 6.07) is 6.45. The summed E-state index contributed by atoms with van der Waals surface area (Å²) in [5, 5.41) is 0. The summed E-state index contributed by atoms with van der Waals surface area (Å²) in [5.41, 5.74) is 0.969. The zero-order chi connectivity index (χ0) is 16.9. The summed E-state index contributed by atoms with van der Waals surface area (Å²) < 4.78 is 34.9. The minimum Gasteiger partial charge on any atom is -0.458 e. The Morgan fingerprint density at radius 3 is 2.43 bits per heavy atom. The number of hydrogen-bond acceptors (Lipinski definition) is 7. The monoisotopic (exact) mass is 376 g/mol. The van der Waals surface area contributed by atoms with Gasteiger partial charge in [-0.25, -0.2) is 0 Å². The SMILES string of the molecule is CC(=O)O[C@H](COS(=O)(=O)c1ccc(C)cc1)C1SCCCS1. The average molecular weight is 377 g/mol. The van der Waals surface area contributed by atoms with Crippen molar-refractivity contribution in [3.63, 3.8) is 0 Å². The molecule has 1 aliphatic rings. The minimum absolute atomic E-state index is 0.000804. The molecule has 0 saturated carbocycles. The number of thioether (sulfide) groups is 2. The Bertz CT molecular complexity index is 621. The first-order valence-electron chi connectivity index (χ1n) is 7.25. The molecule has 1 aromatic rings. The number of ether oxygens (including phenoxy) is 1. The fourth-order valence-corrected chi connectivity index (χ4v) is 5.88. The number of rotatable bonds is 6. The second-order valence-electron chi connectivity index (χ2n) is 5.16. The molecule has 1 aromatic carbocycles. The molecule has 0 aromatic heterocycles. The molecule has 2 rings (SSSR count). The van der Waals surface area contributed by atoms with Gasteiger partial charge in [0.2, 0.25) is 0 Å². The molecule has 0 amide bonds. The van der Waals surface area contributed by atoms with Crippen molar-refractivity contribution in [1.82, 2.24) is 0 Å². The van der Waals surface area contributed by atoms with Crippen LogP contribution in [0, 0.1) is 6.92 Å². The predicted octanol–water partition coefficient (Wildman–Crippen LogP) is 2.83. The predicted molar refractivity (Wildman–Crippen MR) is 93.2 cm³/mol. The maximum Gasteiger partial charge on any atom is 0.303 e. The van der Waals surface area contributed by atoms with Crippen molar-refractivity contribution in [3.05, 3.63) is 29.8 Å². The van der Waals surface area contributed by atoms with Gasteiger partial charge in [0.15, 0.2) is 0 Å². The van der Waals surface area contributed by atoms with Crippen molar-refractivity contribution in [3.8, 4) is 0 Å². The van der Waals surface area contributed by atoms with Crippen LogP contribution in [0.2, 0.25) is 0 Å². The summed E-state index contributed by atoms with van der Waals surface area (Å²) in [5.74, 6) is 1.51. The lowest BCUT2D eigenvalue weighted by molar-refractivity contribution is -0.146. The first-order chi connectivity index (χ1) is 10.9. The smallest absolute Gasteiger partial charge is 0.303 e. The lowest BCUT2D eigenvalue weighted by atomic mass is 10.2. The van der Waals surface area contributed by atoms with E-state index in [1.807, 2.05) is 6.92 Å². The lowest BCUT2D eigenvalue weighted by Crippen LogP contribution is -2.33. The Morgan fingerprint density at radius 1 is 1.26 bits per heavy atom. The molecule has 128 valence electrons. The molecule has 23 heavy (non-hydrogen) atoms. The Kier molecular flexibility index (Phi) is 6.82.